The molecule has 0 aromatic carbocycles. The zero-order valence-corrected chi connectivity index (χ0v) is 10.8. The Balaban J connectivity index is 3.29. The van der Waals surface area contributed by atoms with E-state index in [-0.39, 0.29) is 6.61 Å². The van der Waals surface area contributed by atoms with Gasteiger partial charge >= 0.3 is 5.97 Å². The summed E-state index contributed by atoms with van der Waals surface area (Å²) in [4.78, 5) is 11.9. The van der Waals surface area contributed by atoms with E-state index in [2.05, 4.69) is 0 Å². The molecule has 0 aliphatic heterocycles. The van der Waals surface area contributed by atoms with Crippen molar-refractivity contribution in [3.8, 4) is 6.07 Å². The fourth-order valence-corrected chi connectivity index (χ4v) is 3.30. The normalized spacial score (nSPS) is 11.9. The van der Waals surface area contributed by atoms with Gasteiger partial charge in [-0.1, -0.05) is 0 Å². The highest BCUT2D eigenvalue weighted by Gasteiger charge is 2.22. The third kappa shape index (κ3) is 2.31. The van der Waals surface area contributed by atoms with Crippen LogP contribution < -0.4 is 0 Å². The highest BCUT2D eigenvalue weighted by Crippen LogP contribution is 2.30. The molecule has 0 amide bonds. The highest BCUT2D eigenvalue weighted by molar-refractivity contribution is 7.86. The van der Waals surface area contributed by atoms with Crippen molar-refractivity contribution < 1.29 is 13.7 Å². The van der Waals surface area contributed by atoms with Crippen LogP contribution in [0.15, 0.2) is 4.21 Å². The standard InChI is InChI=1S/C10H11NO3S2/c1-4-14-9(12)8-6(2)7(5-11)10(15-8)16(3)13/h4H2,1-3H3. The maximum absolute atomic E-state index is 11.5. The first-order chi connectivity index (χ1) is 7.52. The number of rotatable bonds is 3. The fourth-order valence-electron chi connectivity index (χ4n) is 1.21. The second-order valence-electron chi connectivity index (χ2n) is 3.01. The van der Waals surface area contributed by atoms with Gasteiger partial charge < -0.3 is 4.74 Å². The van der Waals surface area contributed by atoms with Crippen molar-refractivity contribution in [1.82, 2.24) is 0 Å². The Morgan fingerprint density at radius 1 is 1.62 bits per heavy atom. The molecule has 86 valence electrons. The number of nitrogens with zero attached hydrogens (tertiary/aromatic N) is 1. The zero-order chi connectivity index (χ0) is 12.3. The average Bonchev–Trinajstić information content (AvgIpc) is 2.55. The number of thiophene rings is 1. The van der Waals surface area contributed by atoms with E-state index in [1.165, 1.54) is 6.26 Å². The quantitative estimate of drug-likeness (QED) is 0.775. The SMILES string of the molecule is CCOC(=O)c1sc(S(C)=O)c(C#N)c1C. The van der Waals surface area contributed by atoms with Crippen LogP contribution in [0.3, 0.4) is 0 Å². The third-order valence-corrected chi connectivity index (χ3v) is 4.70. The molecule has 6 heteroatoms. The molecule has 0 fully saturated rings. The molecule has 0 N–H and O–H groups in total. The molecule has 1 aromatic heterocycles. The molecule has 0 saturated carbocycles. The zero-order valence-electron chi connectivity index (χ0n) is 9.20. The molecule has 1 rings (SSSR count). The van der Waals surface area contributed by atoms with Crippen LogP contribution in [0, 0.1) is 18.3 Å². The van der Waals surface area contributed by atoms with E-state index >= 15 is 0 Å². The molecule has 0 saturated heterocycles. The first kappa shape index (κ1) is 12.9. The van der Waals surface area contributed by atoms with Gasteiger partial charge in [0.2, 0.25) is 0 Å². The van der Waals surface area contributed by atoms with E-state index in [1.807, 2.05) is 6.07 Å². The predicted octanol–water partition coefficient (Wildman–Crippen LogP) is 1.84. The molecule has 0 bridgehead atoms. The lowest BCUT2D eigenvalue weighted by molar-refractivity contribution is 0.0531. The van der Waals surface area contributed by atoms with Crippen LogP contribution in [-0.4, -0.2) is 23.0 Å². The van der Waals surface area contributed by atoms with Gasteiger partial charge in [0, 0.05) is 6.26 Å². The maximum Gasteiger partial charge on any atom is 0.348 e. The van der Waals surface area contributed by atoms with E-state index in [0.29, 0.717) is 20.2 Å². The molecule has 0 radical (unpaired) electrons. The number of carbonyl (C=O) groups is 1. The number of hydrogen-bond acceptors (Lipinski definition) is 5. The Morgan fingerprint density at radius 3 is 2.62 bits per heavy atom. The van der Waals surface area contributed by atoms with Crippen molar-refractivity contribution in [2.45, 2.75) is 18.1 Å². The first-order valence-corrected chi connectivity index (χ1v) is 6.94. The van der Waals surface area contributed by atoms with Crippen molar-refractivity contribution >= 4 is 28.1 Å². The van der Waals surface area contributed by atoms with Gasteiger partial charge in [-0.05, 0) is 19.4 Å². The minimum absolute atomic E-state index is 0.280. The number of hydrogen-bond donors (Lipinski definition) is 0. The summed E-state index contributed by atoms with van der Waals surface area (Å²) in [6.45, 7) is 3.66. The molecule has 0 aliphatic rings. The lowest BCUT2D eigenvalue weighted by atomic mass is 10.2. The number of carbonyl (C=O) groups excluding carboxylic acids is 1. The lowest BCUT2D eigenvalue weighted by Crippen LogP contribution is -2.03. The monoisotopic (exact) mass is 257 g/mol. The summed E-state index contributed by atoms with van der Waals surface area (Å²) in [6, 6.07) is 1.97. The van der Waals surface area contributed by atoms with Crippen LogP contribution in [0.5, 0.6) is 0 Å². The van der Waals surface area contributed by atoms with Crippen molar-refractivity contribution in [2.24, 2.45) is 0 Å². The van der Waals surface area contributed by atoms with Gasteiger partial charge in [0.1, 0.15) is 15.2 Å². The second-order valence-corrected chi connectivity index (χ2v) is 5.60. The van der Waals surface area contributed by atoms with Crippen molar-refractivity contribution in [3.05, 3.63) is 16.0 Å². The van der Waals surface area contributed by atoms with Gasteiger partial charge in [0.05, 0.1) is 23.0 Å². The summed E-state index contributed by atoms with van der Waals surface area (Å²) < 4.78 is 16.7. The molecular formula is C10H11NO3S2. The first-order valence-electron chi connectivity index (χ1n) is 4.56. The summed E-state index contributed by atoms with van der Waals surface area (Å²) in [5.74, 6) is -0.460. The Morgan fingerprint density at radius 2 is 2.25 bits per heavy atom. The minimum atomic E-state index is -1.26. The third-order valence-electron chi connectivity index (χ3n) is 1.95. The molecule has 1 atom stereocenters. The van der Waals surface area contributed by atoms with Crippen LogP contribution >= 0.6 is 11.3 Å². The van der Waals surface area contributed by atoms with Gasteiger partial charge in [0.25, 0.3) is 0 Å². The largest absolute Gasteiger partial charge is 0.462 e. The molecule has 1 heterocycles. The summed E-state index contributed by atoms with van der Waals surface area (Å²) in [7, 11) is -1.26. The van der Waals surface area contributed by atoms with Gasteiger partial charge in [-0.3, -0.25) is 4.21 Å². The lowest BCUT2D eigenvalue weighted by Gasteiger charge is -1.98. The molecule has 1 aromatic rings. The molecule has 1 unspecified atom stereocenters. The molecular weight excluding hydrogens is 246 g/mol. The summed E-state index contributed by atoms with van der Waals surface area (Å²) in [5.41, 5.74) is 0.880. The van der Waals surface area contributed by atoms with Crippen LogP contribution in [-0.2, 0) is 15.5 Å². The van der Waals surface area contributed by atoms with E-state index in [9.17, 15) is 9.00 Å². The minimum Gasteiger partial charge on any atom is -0.462 e. The van der Waals surface area contributed by atoms with Crippen LogP contribution in [0.1, 0.15) is 27.7 Å². The summed E-state index contributed by atoms with van der Waals surface area (Å²) in [5, 5.41) is 8.94. The van der Waals surface area contributed by atoms with E-state index in [4.69, 9.17) is 10.00 Å². The van der Waals surface area contributed by atoms with E-state index < -0.39 is 16.8 Å². The number of esters is 1. The van der Waals surface area contributed by atoms with Crippen LogP contribution in [0.4, 0.5) is 0 Å². The Hall–Kier alpha value is -1.19. The van der Waals surface area contributed by atoms with E-state index in [0.717, 1.165) is 11.3 Å². The van der Waals surface area contributed by atoms with Crippen molar-refractivity contribution in [3.63, 3.8) is 0 Å². The highest BCUT2D eigenvalue weighted by atomic mass is 32.2. The molecule has 4 nitrogen and oxygen atoms in total. The van der Waals surface area contributed by atoms with E-state index in [1.54, 1.807) is 13.8 Å². The van der Waals surface area contributed by atoms with Crippen LogP contribution in [0.2, 0.25) is 0 Å². The van der Waals surface area contributed by atoms with Gasteiger partial charge in [0.15, 0.2) is 0 Å². The smallest absolute Gasteiger partial charge is 0.348 e. The molecule has 0 aliphatic carbocycles. The Kier molecular flexibility index (Phi) is 4.21. The summed E-state index contributed by atoms with van der Waals surface area (Å²) >= 11 is 1.07. The molecule has 16 heavy (non-hydrogen) atoms. The number of ether oxygens (including phenoxy) is 1. The fraction of sp³-hybridized carbons (Fsp3) is 0.400. The van der Waals surface area contributed by atoms with Crippen molar-refractivity contribution in [2.75, 3.05) is 12.9 Å². The van der Waals surface area contributed by atoms with Crippen LogP contribution in [0.25, 0.3) is 0 Å². The van der Waals surface area contributed by atoms with Gasteiger partial charge in [-0.2, -0.15) is 5.26 Å². The Bertz CT molecular complexity index is 485. The average molecular weight is 257 g/mol. The van der Waals surface area contributed by atoms with Gasteiger partial charge in [-0.25, -0.2) is 4.79 Å². The summed E-state index contributed by atoms with van der Waals surface area (Å²) in [6.07, 6.45) is 1.49. The predicted molar refractivity (Wildman–Crippen MR) is 62.1 cm³/mol. The van der Waals surface area contributed by atoms with Gasteiger partial charge in [-0.15, -0.1) is 11.3 Å². The topological polar surface area (TPSA) is 67.2 Å². The number of nitriles is 1. The van der Waals surface area contributed by atoms with Crippen molar-refractivity contribution in [1.29, 1.82) is 5.26 Å². The second kappa shape index (κ2) is 5.23. The maximum atomic E-state index is 11.5. The molecule has 0 spiro atoms. The Labute approximate surface area is 100 Å².